The van der Waals surface area contributed by atoms with Gasteiger partial charge in [-0.25, -0.2) is 13.1 Å². The van der Waals surface area contributed by atoms with Gasteiger partial charge in [0.25, 0.3) is 0 Å². The normalized spacial score (nSPS) is 13.6. The van der Waals surface area contributed by atoms with Crippen LogP contribution in [0.3, 0.4) is 0 Å². The molecule has 0 saturated carbocycles. The summed E-state index contributed by atoms with van der Waals surface area (Å²) in [5, 5.41) is 0. The van der Waals surface area contributed by atoms with Crippen LogP contribution in [-0.2, 0) is 15.4 Å². The molecule has 19 heavy (non-hydrogen) atoms. The monoisotopic (exact) mass is 284 g/mol. The van der Waals surface area contributed by atoms with Gasteiger partial charge in [-0.1, -0.05) is 32.9 Å². The average molecular weight is 284 g/mol. The van der Waals surface area contributed by atoms with E-state index < -0.39 is 15.6 Å². The van der Waals surface area contributed by atoms with Crippen LogP contribution in [0, 0.1) is 0 Å². The maximum absolute atomic E-state index is 12.1. The summed E-state index contributed by atoms with van der Waals surface area (Å²) >= 11 is 0. The third-order valence-electron chi connectivity index (χ3n) is 2.75. The lowest BCUT2D eigenvalue weighted by molar-refractivity contribution is 0.498. The summed E-state index contributed by atoms with van der Waals surface area (Å²) in [6.45, 7) is 10.0. The van der Waals surface area contributed by atoms with Crippen LogP contribution in [0.4, 0.5) is 0 Å². The molecule has 3 N–H and O–H groups in total. The molecule has 108 valence electrons. The summed E-state index contributed by atoms with van der Waals surface area (Å²) in [6, 6.07) is 6.96. The molecule has 0 heterocycles. The maximum atomic E-state index is 12.1. The van der Waals surface area contributed by atoms with Crippen LogP contribution in [0.1, 0.15) is 40.2 Å². The number of nitrogens with one attached hydrogen (secondary N) is 1. The first-order chi connectivity index (χ1) is 8.42. The SMILES string of the molecule is CC(C)(N)CNS(=O)(=O)c1ccc(C(C)(C)C)cc1. The first-order valence-corrected chi connectivity index (χ1v) is 7.79. The quantitative estimate of drug-likeness (QED) is 0.888. The molecule has 1 aromatic rings. The molecule has 0 aliphatic carbocycles. The Morgan fingerprint density at radius 1 is 1.05 bits per heavy atom. The number of hydrogen-bond donors (Lipinski definition) is 2. The highest BCUT2D eigenvalue weighted by atomic mass is 32.2. The van der Waals surface area contributed by atoms with Crippen molar-refractivity contribution in [1.82, 2.24) is 4.72 Å². The second kappa shape index (κ2) is 5.23. The van der Waals surface area contributed by atoms with Gasteiger partial charge in [0, 0.05) is 12.1 Å². The van der Waals surface area contributed by atoms with Crippen molar-refractivity contribution in [2.45, 2.75) is 50.5 Å². The van der Waals surface area contributed by atoms with Gasteiger partial charge < -0.3 is 5.73 Å². The van der Waals surface area contributed by atoms with E-state index in [0.29, 0.717) is 0 Å². The Kier molecular flexibility index (Phi) is 4.44. The fraction of sp³-hybridized carbons (Fsp3) is 0.571. The standard InChI is InChI=1S/C14H24N2O2S/c1-13(2,3)11-6-8-12(9-7-11)19(17,18)16-10-14(4,5)15/h6-9,16H,10,15H2,1-5H3. The Hall–Kier alpha value is -0.910. The van der Waals surface area contributed by atoms with Gasteiger partial charge in [0.2, 0.25) is 10.0 Å². The van der Waals surface area contributed by atoms with Crippen LogP contribution >= 0.6 is 0 Å². The van der Waals surface area contributed by atoms with Gasteiger partial charge in [0.1, 0.15) is 0 Å². The summed E-state index contributed by atoms with van der Waals surface area (Å²) in [6.07, 6.45) is 0. The first kappa shape index (κ1) is 16.1. The van der Waals surface area contributed by atoms with Crippen molar-refractivity contribution in [2.24, 2.45) is 5.73 Å². The van der Waals surface area contributed by atoms with E-state index in [-0.39, 0.29) is 16.9 Å². The molecule has 0 amide bonds. The summed E-state index contributed by atoms with van der Waals surface area (Å²) in [7, 11) is -3.49. The molecule has 1 rings (SSSR count). The van der Waals surface area contributed by atoms with Gasteiger partial charge in [-0.15, -0.1) is 0 Å². The number of hydrogen-bond acceptors (Lipinski definition) is 3. The number of rotatable bonds is 4. The van der Waals surface area contributed by atoms with E-state index in [9.17, 15) is 8.42 Å². The highest BCUT2D eigenvalue weighted by Crippen LogP contribution is 2.23. The van der Waals surface area contributed by atoms with E-state index in [2.05, 4.69) is 25.5 Å². The predicted octanol–water partition coefficient (Wildman–Crippen LogP) is 2.00. The summed E-state index contributed by atoms with van der Waals surface area (Å²) in [5.74, 6) is 0. The van der Waals surface area contributed by atoms with Gasteiger partial charge in [0.15, 0.2) is 0 Å². The zero-order chi connectivity index (χ0) is 14.9. The third-order valence-corrected chi connectivity index (χ3v) is 4.17. The van der Waals surface area contributed by atoms with Crippen LogP contribution in [0.25, 0.3) is 0 Å². The van der Waals surface area contributed by atoms with Crippen molar-refractivity contribution in [3.05, 3.63) is 29.8 Å². The Labute approximate surface area is 116 Å². The van der Waals surface area contributed by atoms with Gasteiger partial charge >= 0.3 is 0 Å². The van der Waals surface area contributed by atoms with Crippen molar-refractivity contribution < 1.29 is 8.42 Å². The minimum atomic E-state index is -3.49. The molecule has 0 spiro atoms. The lowest BCUT2D eigenvalue weighted by Crippen LogP contribution is -2.45. The van der Waals surface area contributed by atoms with Crippen molar-refractivity contribution in [3.8, 4) is 0 Å². The zero-order valence-electron chi connectivity index (χ0n) is 12.3. The zero-order valence-corrected chi connectivity index (χ0v) is 13.1. The van der Waals surface area contributed by atoms with E-state index in [4.69, 9.17) is 5.73 Å². The highest BCUT2D eigenvalue weighted by Gasteiger charge is 2.20. The minimum absolute atomic E-state index is 0.00890. The first-order valence-electron chi connectivity index (χ1n) is 6.31. The Bertz CT molecular complexity index is 520. The maximum Gasteiger partial charge on any atom is 0.240 e. The fourth-order valence-corrected chi connectivity index (χ4v) is 2.72. The minimum Gasteiger partial charge on any atom is -0.324 e. The van der Waals surface area contributed by atoms with E-state index in [1.165, 1.54) is 0 Å². The van der Waals surface area contributed by atoms with Gasteiger partial charge in [-0.05, 0) is 37.0 Å². The van der Waals surface area contributed by atoms with Crippen LogP contribution in [0.5, 0.6) is 0 Å². The number of nitrogens with two attached hydrogens (primary N) is 1. The molecular formula is C14H24N2O2S. The Morgan fingerprint density at radius 3 is 1.89 bits per heavy atom. The smallest absolute Gasteiger partial charge is 0.240 e. The highest BCUT2D eigenvalue weighted by molar-refractivity contribution is 7.89. The fourth-order valence-electron chi connectivity index (χ4n) is 1.50. The Balaban J connectivity index is 2.92. The molecule has 0 fully saturated rings. The molecule has 5 heteroatoms. The van der Waals surface area contributed by atoms with E-state index in [0.717, 1.165) is 5.56 Å². The van der Waals surface area contributed by atoms with Crippen molar-refractivity contribution in [3.63, 3.8) is 0 Å². The summed E-state index contributed by atoms with van der Waals surface area (Å²) in [4.78, 5) is 0.268. The average Bonchev–Trinajstić information content (AvgIpc) is 2.25. The van der Waals surface area contributed by atoms with Crippen molar-refractivity contribution >= 4 is 10.0 Å². The topological polar surface area (TPSA) is 72.2 Å². The molecule has 0 bridgehead atoms. The largest absolute Gasteiger partial charge is 0.324 e. The number of benzene rings is 1. The molecule has 0 radical (unpaired) electrons. The molecule has 0 aromatic heterocycles. The molecule has 0 atom stereocenters. The van der Waals surface area contributed by atoms with Crippen molar-refractivity contribution in [1.29, 1.82) is 0 Å². The third kappa shape index (κ3) is 4.93. The summed E-state index contributed by atoms with van der Waals surface area (Å²) < 4.78 is 26.7. The number of sulfonamides is 1. The van der Waals surface area contributed by atoms with E-state index in [1.807, 2.05) is 12.1 Å². The predicted molar refractivity (Wildman–Crippen MR) is 78.6 cm³/mol. The Morgan fingerprint density at radius 2 is 1.53 bits per heavy atom. The van der Waals surface area contributed by atoms with Gasteiger partial charge in [0.05, 0.1) is 4.90 Å². The van der Waals surface area contributed by atoms with Crippen LogP contribution in [-0.4, -0.2) is 20.5 Å². The van der Waals surface area contributed by atoms with Crippen molar-refractivity contribution in [2.75, 3.05) is 6.54 Å². The van der Waals surface area contributed by atoms with E-state index >= 15 is 0 Å². The molecule has 0 aliphatic rings. The van der Waals surface area contributed by atoms with Crippen LogP contribution in [0.15, 0.2) is 29.2 Å². The van der Waals surface area contributed by atoms with E-state index in [1.54, 1.807) is 26.0 Å². The van der Waals surface area contributed by atoms with Crippen LogP contribution in [0.2, 0.25) is 0 Å². The molecule has 4 nitrogen and oxygen atoms in total. The lowest BCUT2D eigenvalue weighted by atomic mass is 9.87. The molecule has 0 unspecified atom stereocenters. The van der Waals surface area contributed by atoms with Crippen LogP contribution < -0.4 is 10.5 Å². The van der Waals surface area contributed by atoms with Gasteiger partial charge in [-0.3, -0.25) is 0 Å². The second-order valence-corrected chi connectivity index (χ2v) is 8.35. The molecule has 0 aliphatic heterocycles. The molecular weight excluding hydrogens is 260 g/mol. The molecule has 0 saturated heterocycles. The summed E-state index contributed by atoms with van der Waals surface area (Å²) in [5.41, 5.74) is 6.32. The van der Waals surface area contributed by atoms with Gasteiger partial charge in [-0.2, -0.15) is 0 Å². The lowest BCUT2D eigenvalue weighted by Gasteiger charge is -2.20. The molecule has 1 aromatic carbocycles. The second-order valence-electron chi connectivity index (χ2n) is 6.59.